The number of carbonyl (C=O) groups excluding carboxylic acids is 1. The molecule has 0 atom stereocenters. The maximum Gasteiger partial charge on any atom is 0.322 e. The van der Waals surface area contributed by atoms with Crippen LogP contribution in [0, 0.1) is 17.6 Å². The molecule has 30 heavy (non-hydrogen) atoms. The highest BCUT2D eigenvalue weighted by molar-refractivity contribution is 7.91. The average molecular weight is 454 g/mol. The van der Waals surface area contributed by atoms with Crippen LogP contribution in [0.4, 0.5) is 14.8 Å². The summed E-state index contributed by atoms with van der Waals surface area (Å²) in [4.78, 5) is 12.5. The monoisotopic (exact) mass is 454 g/mol. The van der Waals surface area contributed by atoms with Crippen LogP contribution < -0.4 is 5.32 Å². The lowest BCUT2D eigenvalue weighted by atomic mass is 9.97. The maximum absolute atomic E-state index is 13.8. The Bertz CT molecular complexity index is 1160. The molecule has 1 N–H and O–H groups in total. The summed E-state index contributed by atoms with van der Waals surface area (Å²) in [6.45, 7) is 0.433. The predicted octanol–water partition coefficient (Wildman–Crippen LogP) is 3.12. The standard InChI is InChI=1S/C18H16F2N4O4S2/c19-12-3-4-13(14(20)10-12)17-22-23-18(28-17)21-16(25)11-5-7-24(8-6-11)30(26,27)15-2-1-9-29-15/h1-4,9-11H,5-8H2,(H,21,23,25). The maximum atomic E-state index is 13.8. The third-order valence-electron chi connectivity index (χ3n) is 4.73. The van der Waals surface area contributed by atoms with Gasteiger partial charge in [-0.1, -0.05) is 11.2 Å². The molecule has 1 aromatic carbocycles. The van der Waals surface area contributed by atoms with E-state index in [4.69, 9.17) is 4.42 Å². The fraction of sp³-hybridized carbons (Fsp3) is 0.278. The van der Waals surface area contributed by atoms with Crippen molar-refractivity contribution in [2.24, 2.45) is 5.92 Å². The van der Waals surface area contributed by atoms with Crippen molar-refractivity contribution in [2.45, 2.75) is 17.1 Å². The first-order valence-corrected chi connectivity index (χ1v) is 11.3. The first-order valence-electron chi connectivity index (χ1n) is 8.98. The Balaban J connectivity index is 1.37. The van der Waals surface area contributed by atoms with Crippen molar-refractivity contribution in [2.75, 3.05) is 18.4 Å². The van der Waals surface area contributed by atoms with Crippen LogP contribution in [0.15, 0.2) is 44.3 Å². The Morgan fingerprint density at radius 1 is 1.20 bits per heavy atom. The van der Waals surface area contributed by atoms with E-state index < -0.39 is 33.5 Å². The van der Waals surface area contributed by atoms with E-state index in [9.17, 15) is 22.0 Å². The molecule has 1 amide bonds. The third kappa shape index (κ3) is 4.11. The van der Waals surface area contributed by atoms with Crippen molar-refractivity contribution >= 4 is 33.3 Å². The number of sulfonamides is 1. The highest BCUT2D eigenvalue weighted by Crippen LogP contribution is 2.28. The fourth-order valence-electron chi connectivity index (χ4n) is 3.15. The van der Waals surface area contributed by atoms with Crippen LogP contribution in [-0.4, -0.2) is 41.9 Å². The molecule has 0 spiro atoms. The topological polar surface area (TPSA) is 105 Å². The number of anilines is 1. The first-order chi connectivity index (χ1) is 14.3. The van der Waals surface area contributed by atoms with Crippen LogP contribution >= 0.6 is 11.3 Å². The molecule has 0 unspecified atom stereocenters. The van der Waals surface area contributed by atoms with Crippen molar-refractivity contribution in [3.05, 3.63) is 47.3 Å². The zero-order valence-corrected chi connectivity index (χ0v) is 17.0. The van der Waals surface area contributed by atoms with Gasteiger partial charge < -0.3 is 4.42 Å². The second kappa shape index (κ2) is 8.20. The number of hydrogen-bond donors (Lipinski definition) is 1. The predicted molar refractivity (Wildman–Crippen MR) is 104 cm³/mol. The molecule has 0 radical (unpaired) electrons. The number of thiophene rings is 1. The number of benzene rings is 1. The van der Waals surface area contributed by atoms with Crippen LogP contribution in [-0.2, 0) is 14.8 Å². The summed E-state index contributed by atoms with van der Waals surface area (Å²) in [6.07, 6.45) is 0.675. The number of amides is 1. The zero-order chi connectivity index (χ0) is 21.3. The summed E-state index contributed by atoms with van der Waals surface area (Å²) >= 11 is 1.15. The number of nitrogens with zero attached hydrogens (tertiary/aromatic N) is 3. The van der Waals surface area contributed by atoms with E-state index in [-0.39, 0.29) is 34.8 Å². The van der Waals surface area contributed by atoms with Crippen LogP contribution in [0.3, 0.4) is 0 Å². The Kier molecular flexibility index (Phi) is 5.62. The van der Waals surface area contributed by atoms with E-state index in [2.05, 4.69) is 15.5 Å². The number of hydrogen-bond acceptors (Lipinski definition) is 7. The van der Waals surface area contributed by atoms with Crippen LogP contribution in [0.2, 0.25) is 0 Å². The SMILES string of the molecule is O=C(Nc1nnc(-c2ccc(F)cc2F)o1)C1CCN(S(=O)(=O)c2cccs2)CC1. The summed E-state index contributed by atoms with van der Waals surface area (Å²) in [7, 11) is -3.54. The first kappa shape index (κ1) is 20.6. The van der Waals surface area contributed by atoms with Crippen LogP contribution in [0.5, 0.6) is 0 Å². The van der Waals surface area contributed by atoms with E-state index in [0.717, 1.165) is 23.5 Å². The Labute approximate surface area is 174 Å². The number of aromatic nitrogens is 2. The Morgan fingerprint density at radius 2 is 1.97 bits per heavy atom. The molecule has 1 aliphatic rings. The number of carbonyl (C=O) groups is 1. The summed E-state index contributed by atoms with van der Waals surface area (Å²) in [5.74, 6) is -2.62. The summed E-state index contributed by atoms with van der Waals surface area (Å²) in [5, 5.41) is 11.5. The summed E-state index contributed by atoms with van der Waals surface area (Å²) < 4.78 is 58.8. The minimum absolute atomic E-state index is 0.0866. The van der Waals surface area contributed by atoms with Gasteiger partial charge in [0.05, 0.1) is 5.56 Å². The lowest BCUT2D eigenvalue weighted by Gasteiger charge is -2.29. The average Bonchev–Trinajstić information content (AvgIpc) is 3.41. The van der Waals surface area contributed by atoms with Gasteiger partial charge in [0.15, 0.2) is 0 Å². The number of halogens is 2. The van der Waals surface area contributed by atoms with Crippen molar-refractivity contribution < 1.29 is 26.4 Å². The van der Waals surface area contributed by atoms with Crippen molar-refractivity contribution in [3.8, 4) is 11.5 Å². The Morgan fingerprint density at radius 3 is 2.63 bits per heavy atom. The van der Waals surface area contributed by atoms with Gasteiger partial charge in [-0.15, -0.1) is 16.4 Å². The van der Waals surface area contributed by atoms with Crippen molar-refractivity contribution in [1.82, 2.24) is 14.5 Å². The molecule has 1 fully saturated rings. The smallest absolute Gasteiger partial charge is 0.322 e. The van der Waals surface area contributed by atoms with E-state index in [1.165, 1.54) is 4.31 Å². The van der Waals surface area contributed by atoms with Gasteiger partial charge in [0, 0.05) is 25.1 Å². The second-order valence-electron chi connectivity index (χ2n) is 6.64. The molecular weight excluding hydrogens is 438 g/mol. The van der Waals surface area contributed by atoms with Gasteiger partial charge in [-0.05, 0) is 36.4 Å². The summed E-state index contributed by atoms with van der Waals surface area (Å²) in [6, 6.07) is 5.92. The second-order valence-corrected chi connectivity index (χ2v) is 9.75. The highest BCUT2D eigenvalue weighted by Gasteiger charge is 2.33. The number of piperidine rings is 1. The van der Waals surface area contributed by atoms with Crippen LogP contribution in [0.1, 0.15) is 12.8 Å². The minimum atomic E-state index is -3.54. The van der Waals surface area contributed by atoms with Crippen LogP contribution in [0.25, 0.3) is 11.5 Å². The lowest BCUT2D eigenvalue weighted by Crippen LogP contribution is -2.41. The van der Waals surface area contributed by atoms with Gasteiger partial charge in [0.1, 0.15) is 15.8 Å². The fourth-order valence-corrected chi connectivity index (χ4v) is 5.76. The molecule has 3 heterocycles. The van der Waals surface area contributed by atoms with E-state index in [0.29, 0.717) is 18.9 Å². The molecule has 0 saturated carbocycles. The molecule has 1 aliphatic heterocycles. The number of rotatable bonds is 5. The lowest BCUT2D eigenvalue weighted by molar-refractivity contribution is -0.121. The van der Waals surface area contributed by atoms with Gasteiger partial charge in [-0.2, -0.15) is 4.31 Å². The molecule has 8 nitrogen and oxygen atoms in total. The zero-order valence-electron chi connectivity index (χ0n) is 15.4. The quantitative estimate of drug-likeness (QED) is 0.635. The molecule has 158 valence electrons. The van der Waals surface area contributed by atoms with Crippen molar-refractivity contribution in [1.29, 1.82) is 0 Å². The van der Waals surface area contributed by atoms with Crippen molar-refractivity contribution in [3.63, 3.8) is 0 Å². The molecular formula is C18H16F2N4O4S2. The highest BCUT2D eigenvalue weighted by atomic mass is 32.2. The molecule has 0 aliphatic carbocycles. The van der Waals surface area contributed by atoms with Gasteiger partial charge >= 0.3 is 6.01 Å². The van der Waals surface area contributed by atoms with Gasteiger partial charge in [-0.25, -0.2) is 17.2 Å². The van der Waals surface area contributed by atoms with Gasteiger partial charge in [0.2, 0.25) is 5.91 Å². The molecule has 12 heteroatoms. The largest absolute Gasteiger partial charge is 0.403 e. The van der Waals surface area contributed by atoms with E-state index >= 15 is 0 Å². The molecule has 0 bridgehead atoms. The van der Waals surface area contributed by atoms with E-state index in [1.807, 2.05) is 0 Å². The molecule has 1 saturated heterocycles. The van der Waals surface area contributed by atoms with E-state index in [1.54, 1.807) is 17.5 Å². The molecule has 2 aromatic heterocycles. The third-order valence-corrected chi connectivity index (χ3v) is 8.00. The summed E-state index contributed by atoms with van der Waals surface area (Å²) in [5.41, 5.74) is -0.0866. The molecule has 4 rings (SSSR count). The number of nitrogens with one attached hydrogen (secondary N) is 1. The minimum Gasteiger partial charge on any atom is -0.403 e. The van der Waals surface area contributed by atoms with Gasteiger partial charge in [-0.3, -0.25) is 10.1 Å². The van der Waals surface area contributed by atoms with Gasteiger partial charge in [0.25, 0.3) is 15.9 Å². The molecule has 3 aromatic rings. The Hall–Kier alpha value is -2.70. The normalized spacial score (nSPS) is 15.9.